The quantitative estimate of drug-likeness (QED) is 0.601. The first-order chi connectivity index (χ1) is 13.8. The molecule has 0 amide bonds. The van der Waals surface area contributed by atoms with Crippen LogP contribution >= 0.6 is 15.9 Å². The zero-order valence-electron chi connectivity index (χ0n) is 15.7. The lowest BCUT2D eigenvalue weighted by atomic mass is 10.1. The summed E-state index contributed by atoms with van der Waals surface area (Å²) in [5.74, 6) is 0. The monoisotopic (exact) mass is 442 g/mol. The second-order valence-electron chi connectivity index (χ2n) is 7.29. The highest BCUT2D eigenvalue weighted by Crippen LogP contribution is 2.33. The molecule has 7 heteroatoms. The Morgan fingerprint density at radius 1 is 1.04 bits per heavy atom. The van der Waals surface area contributed by atoms with E-state index in [1.54, 1.807) is 0 Å². The molecule has 5 rings (SSSR count). The summed E-state index contributed by atoms with van der Waals surface area (Å²) in [7, 11) is 0. The lowest BCUT2D eigenvalue weighted by Crippen LogP contribution is -2.36. The van der Waals surface area contributed by atoms with E-state index >= 15 is 0 Å². The van der Waals surface area contributed by atoms with E-state index in [-0.39, 0.29) is 6.23 Å². The molecule has 2 aliphatic rings. The maximum absolute atomic E-state index is 5.98. The van der Waals surface area contributed by atoms with Gasteiger partial charge < -0.3 is 14.4 Å². The summed E-state index contributed by atoms with van der Waals surface area (Å²) in [6.07, 6.45) is 5.04. The number of ether oxygens (including phenoxy) is 2. The van der Waals surface area contributed by atoms with Gasteiger partial charge in [0, 0.05) is 47.0 Å². The molecule has 2 saturated heterocycles. The molecule has 4 heterocycles. The van der Waals surface area contributed by atoms with Crippen LogP contribution in [0.15, 0.2) is 41.0 Å². The van der Waals surface area contributed by atoms with Gasteiger partial charge in [0.15, 0.2) is 11.9 Å². The van der Waals surface area contributed by atoms with Gasteiger partial charge in [0.05, 0.1) is 13.2 Å². The number of nitrogens with zero attached hydrogens (tertiary/aromatic N) is 4. The third-order valence-corrected chi connectivity index (χ3v) is 5.89. The van der Waals surface area contributed by atoms with E-state index in [2.05, 4.69) is 56.1 Å². The van der Waals surface area contributed by atoms with Crippen LogP contribution in [0.1, 0.15) is 25.5 Å². The largest absolute Gasteiger partial charge is 0.378 e. The van der Waals surface area contributed by atoms with Crippen molar-refractivity contribution in [2.75, 3.05) is 37.8 Å². The number of morpholine rings is 1. The summed E-state index contributed by atoms with van der Waals surface area (Å²) < 4.78 is 14.4. The average molecular weight is 443 g/mol. The van der Waals surface area contributed by atoms with Gasteiger partial charge in [0.1, 0.15) is 5.69 Å². The average Bonchev–Trinajstić information content (AvgIpc) is 3.14. The highest BCUT2D eigenvalue weighted by molar-refractivity contribution is 9.10. The van der Waals surface area contributed by atoms with Crippen molar-refractivity contribution in [1.82, 2.24) is 14.8 Å². The van der Waals surface area contributed by atoms with E-state index in [1.165, 1.54) is 5.69 Å². The van der Waals surface area contributed by atoms with Crippen molar-refractivity contribution < 1.29 is 9.47 Å². The molecule has 2 aromatic heterocycles. The molecule has 28 heavy (non-hydrogen) atoms. The summed E-state index contributed by atoms with van der Waals surface area (Å²) in [5, 5.41) is 5.99. The Balaban J connectivity index is 1.53. The highest BCUT2D eigenvalue weighted by atomic mass is 79.9. The van der Waals surface area contributed by atoms with E-state index in [0.717, 1.165) is 78.9 Å². The van der Waals surface area contributed by atoms with E-state index in [0.29, 0.717) is 0 Å². The van der Waals surface area contributed by atoms with Gasteiger partial charge in [-0.2, -0.15) is 5.10 Å². The standard InChI is InChI=1S/C21H23BrN4O2/c22-16-13-18-20(15-4-6-17(7-5-15)25-8-11-27-12-9-25)24-26(21(18)23-14-16)19-3-1-2-10-28-19/h4-7,13-14,19H,1-3,8-12H2. The lowest BCUT2D eigenvalue weighted by molar-refractivity contribution is -0.0368. The molecule has 0 saturated carbocycles. The van der Waals surface area contributed by atoms with E-state index in [4.69, 9.17) is 14.6 Å². The second-order valence-corrected chi connectivity index (χ2v) is 8.20. The fraction of sp³-hybridized carbons (Fsp3) is 0.429. The number of hydrogen-bond acceptors (Lipinski definition) is 5. The summed E-state index contributed by atoms with van der Waals surface area (Å²) in [6, 6.07) is 10.8. The maximum Gasteiger partial charge on any atom is 0.161 e. The lowest BCUT2D eigenvalue weighted by Gasteiger charge is -2.28. The molecule has 1 atom stereocenters. The third kappa shape index (κ3) is 3.43. The number of aromatic nitrogens is 3. The van der Waals surface area contributed by atoms with Gasteiger partial charge in [-0.3, -0.25) is 0 Å². The van der Waals surface area contributed by atoms with Crippen LogP contribution in [0.5, 0.6) is 0 Å². The van der Waals surface area contributed by atoms with E-state index in [9.17, 15) is 0 Å². The first-order valence-electron chi connectivity index (χ1n) is 9.88. The molecule has 3 aromatic rings. The molecule has 0 N–H and O–H groups in total. The molecule has 0 spiro atoms. The predicted octanol–water partition coefficient (Wildman–Crippen LogP) is 4.40. The number of hydrogen-bond donors (Lipinski definition) is 0. The topological polar surface area (TPSA) is 52.4 Å². The fourth-order valence-corrected chi connectivity index (χ4v) is 4.31. The molecule has 2 fully saturated rings. The van der Waals surface area contributed by atoms with Crippen molar-refractivity contribution in [2.45, 2.75) is 25.5 Å². The van der Waals surface area contributed by atoms with Crippen LogP contribution in [0.2, 0.25) is 0 Å². The zero-order chi connectivity index (χ0) is 18.9. The van der Waals surface area contributed by atoms with Gasteiger partial charge in [-0.25, -0.2) is 9.67 Å². The minimum atomic E-state index is -0.0358. The van der Waals surface area contributed by atoms with Crippen LogP contribution < -0.4 is 4.90 Å². The van der Waals surface area contributed by atoms with Gasteiger partial charge >= 0.3 is 0 Å². The van der Waals surface area contributed by atoms with Gasteiger partial charge in [-0.1, -0.05) is 12.1 Å². The Morgan fingerprint density at radius 3 is 2.61 bits per heavy atom. The Labute approximate surface area is 172 Å². The number of halogens is 1. The normalized spacial score (nSPS) is 20.6. The van der Waals surface area contributed by atoms with Crippen LogP contribution in [-0.4, -0.2) is 47.7 Å². The SMILES string of the molecule is Brc1cnc2c(c1)c(-c1ccc(N3CCOCC3)cc1)nn2C1CCCCO1. The molecular formula is C21H23BrN4O2. The van der Waals surface area contributed by atoms with E-state index in [1.807, 2.05) is 10.9 Å². The molecule has 1 aromatic carbocycles. The summed E-state index contributed by atoms with van der Waals surface area (Å²) in [4.78, 5) is 7.00. The number of fused-ring (bicyclic) bond motifs is 1. The Hall–Kier alpha value is -1.96. The summed E-state index contributed by atoms with van der Waals surface area (Å²) in [6.45, 7) is 4.24. The number of pyridine rings is 1. The van der Waals surface area contributed by atoms with Crippen LogP contribution in [0.25, 0.3) is 22.3 Å². The van der Waals surface area contributed by atoms with Crippen LogP contribution in [0, 0.1) is 0 Å². The van der Waals surface area contributed by atoms with Crippen molar-refractivity contribution in [1.29, 1.82) is 0 Å². The minimum absolute atomic E-state index is 0.0358. The van der Waals surface area contributed by atoms with Gasteiger partial charge in [-0.05, 0) is 53.4 Å². The van der Waals surface area contributed by atoms with Crippen molar-refractivity contribution in [3.05, 3.63) is 41.0 Å². The first-order valence-corrected chi connectivity index (χ1v) is 10.7. The minimum Gasteiger partial charge on any atom is -0.378 e. The zero-order valence-corrected chi connectivity index (χ0v) is 17.3. The second kappa shape index (κ2) is 7.81. The fourth-order valence-electron chi connectivity index (χ4n) is 3.98. The molecule has 2 aliphatic heterocycles. The van der Waals surface area contributed by atoms with Crippen LogP contribution in [0.3, 0.4) is 0 Å². The number of rotatable bonds is 3. The van der Waals surface area contributed by atoms with Gasteiger partial charge in [0.25, 0.3) is 0 Å². The van der Waals surface area contributed by atoms with Crippen molar-refractivity contribution in [2.24, 2.45) is 0 Å². The smallest absolute Gasteiger partial charge is 0.161 e. The maximum atomic E-state index is 5.98. The van der Waals surface area contributed by atoms with E-state index < -0.39 is 0 Å². The Bertz CT molecular complexity index is 960. The van der Waals surface area contributed by atoms with Crippen molar-refractivity contribution >= 4 is 32.7 Å². The predicted molar refractivity (Wildman–Crippen MR) is 113 cm³/mol. The molecule has 0 bridgehead atoms. The molecule has 0 radical (unpaired) electrons. The van der Waals surface area contributed by atoms with Gasteiger partial charge in [0.2, 0.25) is 0 Å². The Kier molecular flexibility index (Phi) is 5.05. The number of anilines is 1. The van der Waals surface area contributed by atoms with Crippen LogP contribution in [0.4, 0.5) is 5.69 Å². The molecule has 1 unspecified atom stereocenters. The number of benzene rings is 1. The summed E-state index contributed by atoms with van der Waals surface area (Å²) >= 11 is 3.56. The first kappa shape index (κ1) is 18.1. The van der Waals surface area contributed by atoms with Crippen LogP contribution in [-0.2, 0) is 9.47 Å². The molecule has 146 valence electrons. The summed E-state index contributed by atoms with van der Waals surface area (Å²) in [5.41, 5.74) is 4.15. The molecule has 0 aliphatic carbocycles. The Morgan fingerprint density at radius 2 is 1.86 bits per heavy atom. The molecule has 6 nitrogen and oxygen atoms in total. The molecular weight excluding hydrogens is 420 g/mol. The van der Waals surface area contributed by atoms with Crippen molar-refractivity contribution in [3.8, 4) is 11.3 Å². The van der Waals surface area contributed by atoms with Gasteiger partial charge in [-0.15, -0.1) is 0 Å². The third-order valence-electron chi connectivity index (χ3n) is 5.46. The van der Waals surface area contributed by atoms with Crippen molar-refractivity contribution in [3.63, 3.8) is 0 Å². The highest BCUT2D eigenvalue weighted by Gasteiger charge is 2.23.